The second-order valence-electron chi connectivity index (χ2n) is 6.62. The summed E-state index contributed by atoms with van der Waals surface area (Å²) in [6.45, 7) is 2.29. The Labute approximate surface area is 168 Å². The number of rotatable bonds is 8. The van der Waals surface area contributed by atoms with Gasteiger partial charge in [-0.2, -0.15) is 0 Å². The maximum atomic E-state index is 13.2. The van der Waals surface area contributed by atoms with Crippen molar-refractivity contribution < 1.29 is 9.18 Å². The molecule has 0 aliphatic heterocycles. The van der Waals surface area contributed by atoms with Crippen LogP contribution in [-0.4, -0.2) is 40.5 Å². The van der Waals surface area contributed by atoms with Gasteiger partial charge in [0.15, 0.2) is 4.77 Å². The van der Waals surface area contributed by atoms with Crippen LogP contribution in [0.3, 0.4) is 0 Å². The van der Waals surface area contributed by atoms with Crippen LogP contribution in [0.4, 0.5) is 4.39 Å². The summed E-state index contributed by atoms with van der Waals surface area (Å²) >= 11 is 5.27. The number of amides is 1. The van der Waals surface area contributed by atoms with Gasteiger partial charge >= 0.3 is 0 Å². The van der Waals surface area contributed by atoms with Crippen molar-refractivity contribution in [1.29, 1.82) is 0 Å². The van der Waals surface area contributed by atoms with Crippen molar-refractivity contribution >= 4 is 18.1 Å². The number of nitrogens with one attached hydrogen (secondary N) is 2. The Morgan fingerprint density at radius 3 is 2.61 bits per heavy atom. The summed E-state index contributed by atoms with van der Waals surface area (Å²) < 4.78 is 15.2. The summed E-state index contributed by atoms with van der Waals surface area (Å²) in [7, 11) is 2.06. The van der Waals surface area contributed by atoms with E-state index in [1.54, 1.807) is 22.9 Å². The molecule has 1 heterocycles. The summed E-state index contributed by atoms with van der Waals surface area (Å²) in [6, 6.07) is 16.1. The second kappa shape index (κ2) is 9.43. The van der Waals surface area contributed by atoms with Gasteiger partial charge in [-0.25, -0.2) is 4.39 Å². The number of hydrogen-bond donors (Lipinski definition) is 2. The van der Waals surface area contributed by atoms with E-state index in [0.717, 1.165) is 19.5 Å². The summed E-state index contributed by atoms with van der Waals surface area (Å²) in [6.07, 6.45) is 2.40. The van der Waals surface area contributed by atoms with Gasteiger partial charge < -0.3 is 15.2 Å². The topological polar surface area (TPSA) is 53.1 Å². The van der Waals surface area contributed by atoms with Crippen molar-refractivity contribution in [2.45, 2.75) is 13.0 Å². The zero-order valence-electron chi connectivity index (χ0n) is 15.7. The predicted molar refractivity (Wildman–Crippen MR) is 111 cm³/mol. The van der Waals surface area contributed by atoms with E-state index in [2.05, 4.69) is 34.4 Å². The lowest BCUT2D eigenvalue weighted by Crippen LogP contribution is -2.29. The van der Waals surface area contributed by atoms with E-state index in [-0.39, 0.29) is 11.7 Å². The molecule has 0 fully saturated rings. The molecule has 2 aromatic carbocycles. The number of aromatic nitrogens is 2. The normalized spacial score (nSPS) is 11.0. The minimum absolute atomic E-state index is 0.220. The van der Waals surface area contributed by atoms with Gasteiger partial charge in [0.05, 0.1) is 0 Å². The zero-order chi connectivity index (χ0) is 19.9. The van der Waals surface area contributed by atoms with Crippen LogP contribution in [0.25, 0.3) is 5.69 Å². The average Bonchev–Trinajstić information content (AvgIpc) is 3.08. The van der Waals surface area contributed by atoms with Crippen LogP contribution in [0.5, 0.6) is 0 Å². The third kappa shape index (κ3) is 5.15. The van der Waals surface area contributed by atoms with Crippen LogP contribution in [0.1, 0.15) is 22.5 Å². The average molecular weight is 399 g/mol. The van der Waals surface area contributed by atoms with E-state index in [9.17, 15) is 9.18 Å². The maximum absolute atomic E-state index is 13.2. The Kier molecular flexibility index (Phi) is 6.73. The minimum Gasteiger partial charge on any atom is -0.351 e. The first kappa shape index (κ1) is 20.0. The molecule has 3 aromatic rings. The van der Waals surface area contributed by atoms with Gasteiger partial charge in [0.25, 0.3) is 5.91 Å². The Balaban J connectivity index is 1.53. The third-order valence-electron chi connectivity index (χ3n) is 4.39. The first-order chi connectivity index (χ1) is 13.5. The van der Waals surface area contributed by atoms with Crippen LogP contribution in [0.15, 0.2) is 60.8 Å². The molecule has 3 rings (SSSR count). The van der Waals surface area contributed by atoms with Crippen molar-refractivity contribution in [2.24, 2.45) is 0 Å². The molecule has 1 amide bonds. The highest BCUT2D eigenvalue weighted by atomic mass is 32.1. The minimum atomic E-state index is -0.337. The van der Waals surface area contributed by atoms with E-state index in [0.29, 0.717) is 22.7 Å². The summed E-state index contributed by atoms with van der Waals surface area (Å²) in [5, 5.41) is 2.93. The fourth-order valence-corrected chi connectivity index (χ4v) is 3.26. The molecule has 5 nitrogen and oxygen atoms in total. The largest absolute Gasteiger partial charge is 0.351 e. The van der Waals surface area contributed by atoms with Crippen LogP contribution < -0.4 is 5.32 Å². The first-order valence-corrected chi connectivity index (χ1v) is 9.52. The van der Waals surface area contributed by atoms with E-state index in [1.807, 2.05) is 18.2 Å². The number of carbonyl (C=O) groups excluding carboxylic acids is 1. The zero-order valence-corrected chi connectivity index (χ0v) is 16.5. The molecule has 1 aromatic heterocycles. The van der Waals surface area contributed by atoms with E-state index in [1.165, 1.54) is 17.7 Å². The number of carbonyl (C=O) groups is 1. The monoisotopic (exact) mass is 398 g/mol. The van der Waals surface area contributed by atoms with Gasteiger partial charge in [0.1, 0.15) is 11.5 Å². The molecular formula is C21H23FN4OS. The summed E-state index contributed by atoms with van der Waals surface area (Å²) in [4.78, 5) is 17.7. The van der Waals surface area contributed by atoms with Crippen LogP contribution in [0, 0.1) is 10.6 Å². The standard InChI is InChI=1S/C21H23FN4OS/c1-25(15-16-6-3-2-4-7-16)13-5-12-23-20(27)19-14-24-21(28)26(19)18-10-8-17(22)9-11-18/h2-4,6-11,14H,5,12-13,15H2,1H3,(H,23,27)(H,24,28). The number of hydrogen-bond acceptors (Lipinski definition) is 3. The molecule has 0 unspecified atom stereocenters. The predicted octanol–water partition coefficient (Wildman–Crippen LogP) is 3.93. The lowest BCUT2D eigenvalue weighted by atomic mass is 10.2. The molecule has 0 spiro atoms. The van der Waals surface area contributed by atoms with Crippen LogP contribution >= 0.6 is 12.2 Å². The molecule has 0 radical (unpaired) electrons. The highest BCUT2D eigenvalue weighted by molar-refractivity contribution is 7.71. The highest BCUT2D eigenvalue weighted by Gasteiger charge is 2.14. The number of imidazole rings is 1. The fourth-order valence-electron chi connectivity index (χ4n) is 3.00. The smallest absolute Gasteiger partial charge is 0.269 e. The quantitative estimate of drug-likeness (QED) is 0.447. The number of aromatic amines is 1. The molecule has 0 atom stereocenters. The summed E-state index contributed by atoms with van der Waals surface area (Å²) in [5.74, 6) is -0.557. The molecule has 7 heteroatoms. The maximum Gasteiger partial charge on any atom is 0.269 e. The van der Waals surface area contributed by atoms with Gasteiger partial charge in [0, 0.05) is 25.0 Å². The van der Waals surface area contributed by atoms with E-state index < -0.39 is 0 Å². The lowest BCUT2D eigenvalue weighted by Gasteiger charge is -2.16. The van der Waals surface area contributed by atoms with Crippen molar-refractivity contribution in [1.82, 2.24) is 19.8 Å². The second-order valence-corrected chi connectivity index (χ2v) is 7.01. The third-order valence-corrected chi connectivity index (χ3v) is 4.69. The fraction of sp³-hybridized carbons (Fsp3) is 0.238. The number of nitrogens with zero attached hydrogens (tertiary/aromatic N) is 2. The Hall–Kier alpha value is -2.77. The number of H-pyrrole nitrogens is 1. The van der Waals surface area contributed by atoms with Crippen molar-refractivity contribution in [2.75, 3.05) is 20.1 Å². The first-order valence-electron chi connectivity index (χ1n) is 9.11. The number of benzene rings is 2. The molecule has 0 bridgehead atoms. The molecular weight excluding hydrogens is 375 g/mol. The molecule has 146 valence electrons. The van der Waals surface area contributed by atoms with E-state index in [4.69, 9.17) is 12.2 Å². The summed E-state index contributed by atoms with van der Waals surface area (Å²) in [5.41, 5.74) is 2.30. The molecule has 28 heavy (non-hydrogen) atoms. The molecule has 0 aliphatic carbocycles. The van der Waals surface area contributed by atoms with Gasteiger partial charge in [0.2, 0.25) is 0 Å². The van der Waals surface area contributed by atoms with Crippen LogP contribution in [-0.2, 0) is 6.54 Å². The Morgan fingerprint density at radius 1 is 1.18 bits per heavy atom. The Bertz CT molecular complexity index is 966. The van der Waals surface area contributed by atoms with Crippen molar-refractivity contribution in [3.8, 4) is 5.69 Å². The van der Waals surface area contributed by atoms with Gasteiger partial charge in [-0.3, -0.25) is 9.36 Å². The lowest BCUT2D eigenvalue weighted by molar-refractivity contribution is 0.0945. The van der Waals surface area contributed by atoms with Gasteiger partial charge in [-0.1, -0.05) is 30.3 Å². The van der Waals surface area contributed by atoms with Crippen molar-refractivity contribution in [3.63, 3.8) is 0 Å². The molecule has 0 aliphatic rings. The Morgan fingerprint density at radius 2 is 1.89 bits per heavy atom. The van der Waals surface area contributed by atoms with Crippen LogP contribution in [0.2, 0.25) is 0 Å². The number of halogens is 1. The highest BCUT2D eigenvalue weighted by Crippen LogP contribution is 2.13. The molecule has 2 N–H and O–H groups in total. The van der Waals surface area contributed by atoms with Gasteiger partial charge in [-0.05, 0) is 62.1 Å². The molecule has 0 saturated carbocycles. The molecule has 0 saturated heterocycles. The van der Waals surface area contributed by atoms with E-state index >= 15 is 0 Å². The van der Waals surface area contributed by atoms with Gasteiger partial charge in [-0.15, -0.1) is 0 Å². The SMILES string of the molecule is CN(CCCNC(=O)c1c[nH]c(=S)n1-c1ccc(F)cc1)Cc1ccccc1. The van der Waals surface area contributed by atoms with Crippen molar-refractivity contribution in [3.05, 3.63) is 82.6 Å².